The van der Waals surface area contributed by atoms with Crippen molar-refractivity contribution in [2.75, 3.05) is 33.0 Å². The van der Waals surface area contributed by atoms with Gasteiger partial charge in [-0.2, -0.15) is 0 Å². The molecule has 4 N–H and O–H groups in total. The lowest BCUT2D eigenvalue weighted by Gasteiger charge is -2.31. The second-order valence-corrected chi connectivity index (χ2v) is 10.8. The molecule has 0 radical (unpaired) electrons. The number of hydrogen-bond donors (Lipinski definition) is 3. The van der Waals surface area contributed by atoms with Crippen LogP contribution < -0.4 is 16.6 Å². The minimum atomic E-state index is -1.86. The average molecular weight is 564 g/mol. The normalized spacial score (nSPS) is 17.5. The van der Waals surface area contributed by atoms with Gasteiger partial charge in [0.05, 0.1) is 42.2 Å². The molecule has 2 aliphatic rings. The Labute approximate surface area is 238 Å². The molecule has 0 bridgehead atoms. The molecule has 218 valence electrons. The largest absolute Gasteiger partial charge is 0.458 e. The molecular formula is C30H37N5O6. The number of nitrogens with one attached hydrogen (secondary N) is 1. The maximum Gasteiger partial charge on any atom is 0.343 e. The Kier molecular flexibility index (Phi) is 8.23. The van der Waals surface area contributed by atoms with Crippen molar-refractivity contribution >= 4 is 22.8 Å². The number of ether oxygens (including phenoxy) is 2. The zero-order valence-corrected chi connectivity index (χ0v) is 23.7. The predicted octanol–water partition coefficient (Wildman–Crippen LogP) is 1.38. The van der Waals surface area contributed by atoms with Gasteiger partial charge in [0.15, 0.2) is 5.60 Å². The number of aromatic nitrogens is 2. The summed E-state index contributed by atoms with van der Waals surface area (Å²) in [7, 11) is 0. The van der Waals surface area contributed by atoms with Crippen LogP contribution in [0.15, 0.2) is 35.1 Å². The summed E-state index contributed by atoms with van der Waals surface area (Å²) in [5.74, 6) is -0.995. The Balaban J connectivity index is 1.47. The summed E-state index contributed by atoms with van der Waals surface area (Å²) in [6.45, 7) is 8.07. The van der Waals surface area contributed by atoms with E-state index in [0.29, 0.717) is 42.2 Å². The van der Waals surface area contributed by atoms with E-state index in [1.807, 2.05) is 18.2 Å². The van der Waals surface area contributed by atoms with E-state index in [0.717, 1.165) is 35.0 Å². The second-order valence-electron chi connectivity index (χ2n) is 10.8. The summed E-state index contributed by atoms with van der Waals surface area (Å²) < 4.78 is 12.5. The first kappa shape index (κ1) is 28.9. The minimum absolute atomic E-state index is 0.0737. The zero-order valence-electron chi connectivity index (χ0n) is 23.7. The van der Waals surface area contributed by atoms with Gasteiger partial charge in [0.25, 0.3) is 5.56 Å². The molecule has 41 heavy (non-hydrogen) atoms. The molecular weight excluding hydrogens is 526 g/mol. The van der Waals surface area contributed by atoms with Crippen molar-refractivity contribution in [3.05, 3.63) is 62.9 Å². The van der Waals surface area contributed by atoms with E-state index in [4.69, 9.17) is 20.2 Å². The van der Waals surface area contributed by atoms with Crippen molar-refractivity contribution in [2.45, 2.75) is 58.4 Å². The molecule has 2 aliphatic heterocycles. The molecule has 11 heteroatoms. The summed E-state index contributed by atoms with van der Waals surface area (Å²) in [5.41, 5.74) is 8.01. The molecule has 1 atom stereocenters. The van der Waals surface area contributed by atoms with Gasteiger partial charge in [-0.15, -0.1) is 0 Å². The molecule has 0 aliphatic carbocycles. The fourth-order valence-corrected chi connectivity index (χ4v) is 5.74. The van der Waals surface area contributed by atoms with Crippen LogP contribution in [-0.2, 0) is 44.2 Å². The first-order valence-corrected chi connectivity index (χ1v) is 14.1. The Morgan fingerprint density at radius 2 is 2.05 bits per heavy atom. The number of nitrogens with two attached hydrogens (primary N) is 1. The molecule has 0 saturated carbocycles. The van der Waals surface area contributed by atoms with Gasteiger partial charge in [0.2, 0.25) is 5.91 Å². The number of carbonyl (C=O) groups excluding carboxylic acids is 2. The molecule has 3 aromatic rings. The Bertz CT molecular complexity index is 1550. The topological polar surface area (TPSA) is 149 Å². The van der Waals surface area contributed by atoms with Crippen LogP contribution in [0.4, 0.5) is 0 Å². The maximum atomic E-state index is 13.7. The third-order valence-electron chi connectivity index (χ3n) is 8.17. The van der Waals surface area contributed by atoms with Crippen LogP contribution in [0.5, 0.6) is 0 Å². The number of fused-ring (bicyclic) bond motifs is 5. The van der Waals surface area contributed by atoms with Crippen molar-refractivity contribution in [2.24, 2.45) is 5.73 Å². The second kappa shape index (κ2) is 11.7. The van der Waals surface area contributed by atoms with E-state index in [2.05, 4.69) is 30.1 Å². The zero-order chi connectivity index (χ0) is 29.3. The lowest BCUT2D eigenvalue weighted by Crippen LogP contribution is -2.44. The van der Waals surface area contributed by atoms with Crippen molar-refractivity contribution in [3.63, 3.8) is 0 Å². The van der Waals surface area contributed by atoms with Gasteiger partial charge in [-0.1, -0.05) is 25.1 Å². The van der Waals surface area contributed by atoms with Gasteiger partial charge < -0.3 is 30.2 Å². The van der Waals surface area contributed by atoms with Crippen LogP contribution >= 0.6 is 0 Å². The van der Waals surface area contributed by atoms with Crippen LogP contribution in [0.3, 0.4) is 0 Å². The van der Waals surface area contributed by atoms with E-state index in [-0.39, 0.29) is 43.8 Å². The first-order chi connectivity index (χ1) is 19.7. The van der Waals surface area contributed by atoms with Gasteiger partial charge >= 0.3 is 5.97 Å². The van der Waals surface area contributed by atoms with Crippen LogP contribution in [0, 0.1) is 0 Å². The maximum absolute atomic E-state index is 13.7. The lowest BCUT2D eigenvalue weighted by molar-refractivity contribution is -0.172. The average Bonchev–Trinajstić information content (AvgIpc) is 3.34. The van der Waals surface area contributed by atoms with Crippen molar-refractivity contribution in [1.82, 2.24) is 19.8 Å². The number of nitrogens with zero attached hydrogens (tertiary/aromatic N) is 3. The molecule has 4 heterocycles. The number of cyclic esters (lactones) is 1. The van der Waals surface area contributed by atoms with E-state index in [9.17, 15) is 19.5 Å². The van der Waals surface area contributed by atoms with Gasteiger partial charge in [0, 0.05) is 35.6 Å². The number of benzene rings is 1. The van der Waals surface area contributed by atoms with Crippen molar-refractivity contribution in [1.29, 1.82) is 0 Å². The standard InChI is InChI=1S/C30H37N5O6/c1-4-30(39)23-13-25-27-21(15-35(25)28(37)22(23)16-41-29(30)38)19(20-7-5-6-8-24(20)33-27)9-10-34(18(2)3)11-12-40-17-32-26(36)14-31/h5-8,13,18,39H,4,9-12,14-17,31H2,1-3H3,(H,32,36)/t30-/m0/s1. The van der Waals surface area contributed by atoms with E-state index >= 15 is 0 Å². The first-order valence-electron chi connectivity index (χ1n) is 14.1. The van der Waals surface area contributed by atoms with Gasteiger partial charge in [-0.05, 0) is 44.4 Å². The van der Waals surface area contributed by atoms with Crippen LogP contribution in [0.25, 0.3) is 22.3 Å². The molecule has 11 nitrogen and oxygen atoms in total. The molecule has 0 saturated heterocycles. The lowest BCUT2D eigenvalue weighted by atomic mass is 9.86. The molecule has 5 rings (SSSR count). The fourth-order valence-electron chi connectivity index (χ4n) is 5.74. The molecule has 0 unspecified atom stereocenters. The monoisotopic (exact) mass is 563 g/mol. The smallest absolute Gasteiger partial charge is 0.343 e. The van der Waals surface area contributed by atoms with E-state index in [1.54, 1.807) is 17.6 Å². The van der Waals surface area contributed by atoms with Gasteiger partial charge in [-0.3, -0.25) is 14.5 Å². The van der Waals surface area contributed by atoms with E-state index < -0.39 is 11.6 Å². The number of pyridine rings is 2. The highest BCUT2D eigenvalue weighted by molar-refractivity contribution is 5.89. The summed E-state index contributed by atoms with van der Waals surface area (Å²) in [5, 5.41) is 14.8. The number of aliphatic hydroxyl groups is 1. The number of esters is 1. The summed E-state index contributed by atoms with van der Waals surface area (Å²) in [6, 6.07) is 9.95. The summed E-state index contributed by atoms with van der Waals surface area (Å²) in [6.07, 6.45) is 0.815. The summed E-state index contributed by atoms with van der Waals surface area (Å²) in [4.78, 5) is 44.8. The Morgan fingerprint density at radius 3 is 2.78 bits per heavy atom. The van der Waals surface area contributed by atoms with E-state index in [1.165, 1.54) is 0 Å². The highest BCUT2D eigenvalue weighted by Crippen LogP contribution is 2.40. The molecule has 0 spiro atoms. The molecule has 1 amide bonds. The van der Waals surface area contributed by atoms with Gasteiger partial charge in [0.1, 0.15) is 13.3 Å². The molecule has 2 aromatic heterocycles. The third kappa shape index (κ3) is 5.26. The number of para-hydroxylation sites is 1. The molecule has 1 aromatic carbocycles. The van der Waals surface area contributed by atoms with Crippen LogP contribution in [0.1, 0.15) is 49.4 Å². The van der Waals surface area contributed by atoms with Gasteiger partial charge in [-0.25, -0.2) is 9.78 Å². The fraction of sp³-hybridized carbons (Fsp3) is 0.467. The highest BCUT2D eigenvalue weighted by atomic mass is 16.6. The third-order valence-corrected chi connectivity index (χ3v) is 8.17. The van der Waals surface area contributed by atoms with Crippen LogP contribution in [-0.4, -0.2) is 70.4 Å². The van der Waals surface area contributed by atoms with Crippen molar-refractivity contribution < 1.29 is 24.2 Å². The number of carbonyl (C=O) groups is 2. The number of rotatable bonds is 11. The van der Waals surface area contributed by atoms with Crippen LogP contribution in [0.2, 0.25) is 0 Å². The quantitative estimate of drug-likeness (QED) is 0.140. The Hall–Kier alpha value is -3.64. The Morgan fingerprint density at radius 1 is 1.27 bits per heavy atom. The van der Waals surface area contributed by atoms with Crippen molar-refractivity contribution in [3.8, 4) is 11.4 Å². The summed E-state index contributed by atoms with van der Waals surface area (Å²) >= 11 is 0. The molecule has 0 fully saturated rings. The predicted molar refractivity (Wildman–Crippen MR) is 153 cm³/mol. The SMILES string of the molecule is CC[C@@]1(O)C(=O)OCc2c1cc1n(c2=O)Cc2c-1nc1ccccc1c2CCN(CCOCNC(=O)CN)C(C)C. The minimum Gasteiger partial charge on any atom is -0.458 e. The number of amides is 1. The number of hydrogen-bond acceptors (Lipinski definition) is 9. The highest BCUT2D eigenvalue weighted by Gasteiger charge is 2.45.